The summed E-state index contributed by atoms with van der Waals surface area (Å²) in [6, 6.07) is 7.31. The molecule has 1 aliphatic rings. The number of hydrogen-bond donors (Lipinski definition) is 1. The van der Waals surface area contributed by atoms with Crippen LogP contribution in [0.3, 0.4) is 0 Å². The lowest BCUT2D eigenvalue weighted by molar-refractivity contribution is 0.604. The molecule has 1 aromatic carbocycles. The van der Waals surface area contributed by atoms with Gasteiger partial charge in [0, 0.05) is 0 Å². The Morgan fingerprint density at radius 2 is 2.00 bits per heavy atom. The van der Waals surface area contributed by atoms with E-state index in [0.717, 1.165) is 5.56 Å². The zero-order chi connectivity index (χ0) is 9.31. The SMILES string of the molecule is O=S1(=O)CC=Cc2ccccc2N1. The number of hydrogen-bond acceptors (Lipinski definition) is 2. The van der Waals surface area contributed by atoms with Gasteiger partial charge in [-0.1, -0.05) is 30.4 Å². The highest BCUT2D eigenvalue weighted by molar-refractivity contribution is 7.92. The first-order chi connectivity index (χ1) is 6.17. The molecule has 0 radical (unpaired) electrons. The van der Waals surface area contributed by atoms with Crippen molar-refractivity contribution in [1.82, 2.24) is 0 Å². The van der Waals surface area contributed by atoms with Crippen molar-refractivity contribution in [3.63, 3.8) is 0 Å². The monoisotopic (exact) mass is 195 g/mol. The van der Waals surface area contributed by atoms with Gasteiger partial charge < -0.3 is 0 Å². The van der Waals surface area contributed by atoms with E-state index in [4.69, 9.17) is 0 Å². The fourth-order valence-corrected chi connectivity index (χ4v) is 2.20. The zero-order valence-corrected chi connectivity index (χ0v) is 7.71. The Morgan fingerprint density at radius 1 is 1.23 bits per heavy atom. The molecule has 13 heavy (non-hydrogen) atoms. The molecule has 0 atom stereocenters. The summed E-state index contributed by atoms with van der Waals surface area (Å²) in [6.07, 6.45) is 3.46. The first-order valence-corrected chi connectivity index (χ1v) is 5.59. The van der Waals surface area contributed by atoms with Crippen molar-refractivity contribution in [2.45, 2.75) is 0 Å². The molecule has 1 N–H and O–H groups in total. The Balaban J connectivity index is 2.55. The van der Waals surface area contributed by atoms with Crippen LogP contribution in [0.4, 0.5) is 5.69 Å². The highest BCUT2D eigenvalue weighted by Gasteiger charge is 2.12. The maximum Gasteiger partial charge on any atom is 0.236 e. The summed E-state index contributed by atoms with van der Waals surface area (Å²) in [5, 5.41) is 0. The summed E-state index contributed by atoms with van der Waals surface area (Å²) < 4.78 is 25.1. The van der Waals surface area contributed by atoms with Gasteiger partial charge in [0.15, 0.2) is 0 Å². The number of nitrogens with one attached hydrogen (secondary N) is 1. The summed E-state index contributed by atoms with van der Waals surface area (Å²) >= 11 is 0. The van der Waals surface area contributed by atoms with Gasteiger partial charge in [-0.3, -0.25) is 4.72 Å². The normalized spacial score (nSPS) is 18.5. The molecule has 0 bridgehead atoms. The van der Waals surface area contributed by atoms with Crippen LogP contribution >= 0.6 is 0 Å². The summed E-state index contributed by atoms with van der Waals surface area (Å²) in [5.41, 5.74) is 1.56. The predicted octanol–water partition coefficient (Wildman–Crippen LogP) is 1.46. The van der Waals surface area contributed by atoms with E-state index in [9.17, 15) is 8.42 Å². The van der Waals surface area contributed by atoms with Crippen LogP contribution in [0.25, 0.3) is 6.08 Å². The number of para-hydroxylation sites is 1. The van der Waals surface area contributed by atoms with Gasteiger partial charge in [-0.05, 0) is 11.6 Å². The average Bonchev–Trinajstić information content (AvgIpc) is 2.21. The lowest BCUT2D eigenvalue weighted by Crippen LogP contribution is -2.14. The average molecular weight is 195 g/mol. The van der Waals surface area contributed by atoms with Gasteiger partial charge in [0.1, 0.15) is 0 Å². The Kier molecular flexibility index (Phi) is 1.84. The summed E-state index contributed by atoms with van der Waals surface area (Å²) in [7, 11) is -3.17. The van der Waals surface area contributed by atoms with Gasteiger partial charge in [-0.15, -0.1) is 0 Å². The molecule has 0 unspecified atom stereocenters. The molecule has 0 amide bonds. The number of sulfonamides is 1. The highest BCUT2D eigenvalue weighted by Crippen LogP contribution is 2.20. The van der Waals surface area contributed by atoms with E-state index in [1.165, 1.54) is 0 Å². The van der Waals surface area contributed by atoms with Crippen LogP contribution in [0, 0.1) is 0 Å². The minimum atomic E-state index is -3.17. The molecule has 1 heterocycles. The van der Waals surface area contributed by atoms with Crippen molar-refractivity contribution in [2.75, 3.05) is 10.5 Å². The van der Waals surface area contributed by atoms with Crippen molar-refractivity contribution in [2.24, 2.45) is 0 Å². The van der Waals surface area contributed by atoms with Gasteiger partial charge in [-0.25, -0.2) is 8.42 Å². The first-order valence-electron chi connectivity index (χ1n) is 3.93. The second-order valence-corrected chi connectivity index (χ2v) is 4.64. The molecule has 0 aromatic heterocycles. The quantitative estimate of drug-likeness (QED) is 0.681. The molecule has 4 heteroatoms. The molecule has 0 saturated heterocycles. The van der Waals surface area contributed by atoms with Crippen molar-refractivity contribution in [3.05, 3.63) is 35.9 Å². The molecule has 2 rings (SSSR count). The van der Waals surface area contributed by atoms with E-state index in [-0.39, 0.29) is 5.75 Å². The van der Waals surface area contributed by atoms with Gasteiger partial charge in [0.2, 0.25) is 10.0 Å². The topological polar surface area (TPSA) is 46.2 Å². The van der Waals surface area contributed by atoms with E-state index in [0.29, 0.717) is 5.69 Å². The third-order valence-electron chi connectivity index (χ3n) is 1.84. The lowest BCUT2D eigenvalue weighted by atomic mass is 10.2. The summed E-state index contributed by atoms with van der Waals surface area (Å²) in [6.45, 7) is 0. The third-order valence-corrected chi connectivity index (χ3v) is 3.00. The zero-order valence-electron chi connectivity index (χ0n) is 6.90. The minimum Gasteiger partial charge on any atom is -0.283 e. The molecule has 1 aliphatic heterocycles. The maximum absolute atomic E-state index is 11.3. The number of anilines is 1. The molecule has 1 aromatic rings. The van der Waals surface area contributed by atoms with Crippen LogP contribution < -0.4 is 4.72 Å². The Morgan fingerprint density at radius 3 is 2.85 bits per heavy atom. The van der Waals surface area contributed by atoms with Gasteiger partial charge in [-0.2, -0.15) is 0 Å². The van der Waals surface area contributed by atoms with Crippen LogP contribution in [0.1, 0.15) is 5.56 Å². The Labute approximate surface area is 77.1 Å². The second kappa shape index (κ2) is 2.88. The minimum absolute atomic E-state index is 0.0433. The van der Waals surface area contributed by atoms with Crippen molar-refractivity contribution in [3.8, 4) is 0 Å². The fraction of sp³-hybridized carbons (Fsp3) is 0.111. The predicted molar refractivity (Wildman–Crippen MR) is 52.9 cm³/mol. The third kappa shape index (κ3) is 1.72. The van der Waals surface area contributed by atoms with E-state index in [1.54, 1.807) is 18.2 Å². The van der Waals surface area contributed by atoms with Crippen LogP contribution in [0.2, 0.25) is 0 Å². The highest BCUT2D eigenvalue weighted by atomic mass is 32.2. The Hall–Kier alpha value is -1.29. The van der Waals surface area contributed by atoms with Gasteiger partial charge >= 0.3 is 0 Å². The van der Waals surface area contributed by atoms with Crippen LogP contribution in [-0.2, 0) is 10.0 Å². The van der Waals surface area contributed by atoms with Gasteiger partial charge in [0.05, 0.1) is 11.4 Å². The Bertz CT molecular complexity index is 448. The van der Waals surface area contributed by atoms with E-state index in [2.05, 4.69) is 4.72 Å². The lowest BCUT2D eigenvalue weighted by Gasteiger charge is -2.05. The van der Waals surface area contributed by atoms with Crippen LogP contribution in [0.5, 0.6) is 0 Å². The van der Waals surface area contributed by atoms with E-state index in [1.807, 2.05) is 18.2 Å². The van der Waals surface area contributed by atoms with Crippen LogP contribution in [0.15, 0.2) is 30.3 Å². The first kappa shape index (κ1) is 8.31. The maximum atomic E-state index is 11.3. The molecular weight excluding hydrogens is 186 g/mol. The smallest absolute Gasteiger partial charge is 0.236 e. The van der Waals surface area contributed by atoms with Crippen LogP contribution in [-0.4, -0.2) is 14.2 Å². The molecule has 0 spiro atoms. The van der Waals surface area contributed by atoms with Crippen molar-refractivity contribution >= 4 is 21.8 Å². The van der Waals surface area contributed by atoms with Gasteiger partial charge in [0.25, 0.3) is 0 Å². The van der Waals surface area contributed by atoms with E-state index >= 15 is 0 Å². The fourth-order valence-electron chi connectivity index (χ4n) is 1.25. The molecule has 0 fully saturated rings. The summed E-state index contributed by atoms with van der Waals surface area (Å²) in [4.78, 5) is 0. The largest absolute Gasteiger partial charge is 0.283 e. The summed E-state index contributed by atoms with van der Waals surface area (Å²) in [5.74, 6) is 0.0433. The molecule has 3 nitrogen and oxygen atoms in total. The number of rotatable bonds is 0. The van der Waals surface area contributed by atoms with E-state index < -0.39 is 10.0 Å². The standard InChI is InChI=1S/C9H9NO2S/c11-13(12)7-3-5-8-4-1-2-6-9(8)10-13/h1-6,10H,7H2. The molecule has 68 valence electrons. The molecule has 0 aliphatic carbocycles. The number of fused-ring (bicyclic) bond motifs is 1. The molecular formula is C9H9NO2S. The molecule has 0 saturated carbocycles. The van der Waals surface area contributed by atoms with Crippen molar-refractivity contribution in [1.29, 1.82) is 0 Å². The van der Waals surface area contributed by atoms with Crippen molar-refractivity contribution < 1.29 is 8.42 Å². The number of benzene rings is 1. The second-order valence-electron chi connectivity index (χ2n) is 2.87.